The maximum absolute atomic E-state index is 7.35. The largest absolute Gasteiger partial charge is 0.396 e. The smallest absolute Gasteiger partial charge is 0.241 e. The highest BCUT2D eigenvalue weighted by atomic mass is 14.9. The van der Waals surface area contributed by atoms with Gasteiger partial charge < -0.3 is 4.48 Å². The third kappa shape index (κ3) is 6.75. The summed E-state index contributed by atoms with van der Waals surface area (Å²) in [4.78, 5) is 5.51. The van der Waals surface area contributed by atoms with Crippen molar-refractivity contribution >= 4 is 47.9 Å². The Kier molecular flexibility index (Phi) is 9.38. The van der Waals surface area contributed by atoms with Crippen molar-refractivity contribution in [3.63, 3.8) is 0 Å². The molecular weight excluding hydrogens is 662 g/mol. The maximum Gasteiger partial charge on any atom is 0.241 e. The van der Waals surface area contributed by atoms with Gasteiger partial charge in [0.2, 0.25) is 14.7 Å². The lowest BCUT2D eigenvalue weighted by Gasteiger charge is -2.20. The zero-order valence-electron chi connectivity index (χ0n) is 30.3. The summed E-state index contributed by atoms with van der Waals surface area (Å²) in [6, 6.07) is 74.6. The van der Waals surface area contributed by atoms with Crippen LogP contribution in [0.3, 0.4) is 0 Å². The third-order valence-corrected chi connectivity index (χ3v) is 10.4. The molecule has 0 unspecified atom stereocenters. The molecule has 4 heteroatoms. The van der Waals surface area contributed by atoms with E-state index in [9.17, 15) is 0 Å². The molecule has 0 atom stereocenters. The van der Waals surface area contributed by atoms with Crippen molar-refractivity contribution in [3.05, 3.63) is 246 Å². The van der Waals surface area contributed by atoms with Gasteiger partial charge in [0.15, 0.2) is 0 Å². The van der Waals surface area contributed by atoms with Crippen LogP contribution in [-0.4, -0.2) is 24.9 Å². The Morgan fingerprint density at radius 3 is 1.42 bits per heavy atom. The minimum Gasteiger partial charge on any atom is -0.396 e. The Hall–Kier alpha value is -6.90. The Labute approximate surface area is 325 Å². The number of rotatable bonds is 9. The lowest BCUT2D eigenvalue weighted by atomic mass is 9.37. The molecule has 7 aromatic carbocycles. The second-order valence-corrected chi connectivity index (χ2v) is 13.8. The molecule has 0 spiro atoms. The van der Waals surface area contributed by atoms with Gasteiger partial charge in [-0.3, -0.25) is 0 Å². The number of hydrogen-bond acceptors (Lipinski definition) is 1. The first-order valence-corrected chi connectivity index (χ1v) is 18.7. The van der Waals surface area contributed by atoms with E-state index in [1.54, 1.807) is 0 Å². The van der Waals surface area contributed by atoms with Gasteiger partial charge in [-0.15, -0.1) is 0 Å². The van der Waals surface area contributed by atoms with Gasteiger partial charge >= 0.3 is 0 Å². The monoisotopic (exact) mass is 698 g/mol. The molecule has 1 aliphatic heterocycles. The van der Waals surface area contributed by atoms with Crippen LogP contribution in [0.4, 0.5) is 0 Å². The van der Waals surface area contributed by atoms with Crippen LogP contribution in [0.1, 0.15) is 22.4 Å². The van der Waals surface area contributed by atoms with Gasteiger partial charge in [-0.05, 0) is 34.4 Å². The molecule has 2 radical (unpaired) electrons. The van der Waals surface area contributed by atoms with Crippen LogP contribution in [-0.2, 0) is 0 Å². The van der Waals surface area contributed by atoms with Crippen molar-refractivity contribution in [3.8, 4) is 22.4 Å². The van der Waals surface area contributed by atoms with Crippen LogP contribution in [0.15, 0.2) is 229 Å². The van der Waals surface area contributed by atoms with Gasteiger partial charge in [-0.1, -0.05) is 223 Å². The van der Waals surface area contributed by atoms with Crippen molar-refractivity contribution in [2.75, 3.05) is 0 Å². The van der Waals surface area contributed by atoms with Gasteiger partial charge in [0, 0.05) is 33.7 Å². The van der Waals surface area contributed by atoms with E-state index in [-0.39, 0.29) is 6.71 Å². The van der Waals surface area contributed by atoms with Crippen molar-refractivity contribution in [1.82, 2.24) is 4.48 Å². The summed E-state index contributed by atoms with van der Waals surface area (Å²) in [7, 11) is 7.35. The van der Waals surface area contributed by atoms with Gasteiger partial charge in [0.25, 0.3) is 0 Å². The first-order chi connectivity index (χ1) is 27.2. The standard InChI is InChI=1S/C51H36B2N2/c52-55-48(40-25-13-4-14-26-40)36-46(38-21-9-2-10-22-38)51(55)49(50-45(37-19-7-1-8-20-37)35-47(54-50)39-23-11-3-12-24-39)41-31-33-44(34-32-41)53(42-27-15-5-16-28-42)43-29-17-6-18-30-43/h1-36H/b50-49-. The highest BCUT2D eigenvalue weighted by Crippen LogP contribution is 2.44. The summed E-state index contributed by atoms with van der Waals surface area (Å²) in [5.41, 5.74) is 15.7. The van der Waals surface area contributed by atoms with Crippen molar-refractivity contribution in [2.24, 2.45) is 4.99 Å². The molecule has 0 N–H and O–H groups in total. The lowest BCUT2D eigenvalue weighted by Crippen LogP contribution is -2.51. The second kappa shape index (κ2) is 15.2. The van der Waals surface area contributed by atoms with E-state index in [4.69, 9.17) is 13.0 Å². The lowest BCUT2D eigenvalue weighted by molar-refractivity contribution is 1.21. The first-order valence-electron chi connectivity index (χ1n) is 18.7. The van der Waals surface area contributed by atoms with Crippen molar-refractivity contribution in [2.45, 2.75) is 0 Å². The van der Waals surface area contributed by atoms with E-state index >= 15 is 0 Å². The molecule has 1 aliphatic rings. The summed E-state index contributed by atoms with van der Waals surface area (Å²) in [5.74, 6) is 0. The fraction of sp³-hybridized carbons (Fsp3) is 0. The average Bonchev–Trinajstić information content (AvgIpc) is 3.86. The summed E-state index contributed by atoms with van der Waals surface area (Å²) < 4.78 is 1.86. The van der Waals surface area contributed by atoms with E-state index in [0.717, 1.165) is 67.3 Å². The molecule has 8 aromatic rings. The molecule has 9 rings (SSSR count). The van der Waals surface area contributed by atoms with Gasteiger partial charge in [0.05, 0.1) is 11.4 Å². The zero-order chi connectivity index (χ0) is 37.0. The van der Waals surface area contributed by atoms with Crippen LogP contribution in [0.2, 0.25) is 0 Å². The van der Waals surface area contributed by atoms with Crippen LogP contribution in [0.25, 0.3) is 33.5 Å². The molecule has 0 saturated heterocycles. The predicted octanol–water partition coefficient (Wildman–Crippen LogP) is 9.62. The second-order valence-electron chi connectivity index (χ2n) is 13.8. The molecule has 256 valence electrons. The molecule has 0 amide bonds. The number of benzene rings is 7. The zero-order valence-corrected chi connectivity index (χ0v) is 30.3. The molecule has 2 nitrogen and oxygen atoms in total. The summed E-state index contributed by atoms with van der Waals surface area (Å²) in [6.07, 6.45) is 2.22. The minimum absolute atomic E-state index is 0.0736. The summed E-state index contributed by atoms with van der Waals surface area (Å²) in [5, 5.41) is 0. The van der Waals surface area contributed by atoms with Crippen LogP contribution >= 0.6 is 0 Å². The highest BCUT2D eigenvalue weighted by Gasteiger charge is 2.28. The summed E-state index contributed by atoms with van der Waals surface area (Å²) >= 11 is 0. The van der Waals surface area contributed by atoms with E-state index < -0.39 is 0 Å². The predicted molar refractivity (Wildman–Crippen MR) is 234 cm³/mol. The number of nitrogens with zero attached hydrogens (tertiary/aromatic N) is 2. The average molecular weight is 698 g/mol. The Morgan fingerprint density at radius 2 is 0.891 bits per heavy atom. The van der Waals surface area contributed by atoms with Crippen LogP contribution in [0.5, 0.6) is 0 Å². The SMILES string of the molecule is [B]n1c(-c2ccccc2)cc(-c2ccccc2)c1/C(=C1\N=C(c2ccccc2)C=C1c1ccccc1)c1ccc(B(c2ccccc2)c2ccccc2)cc1. The number of hydrogen-bond donors (Lipinski definition) is 0. The quantitative estimate of drug-likeness (QED) is 0.134. The molecule has 0 bridgehead atoms. The Morgan fingerprint density at radius 1 is 0.455 bits per heavy atom. The molecule has 0 fully saturated rings. The normalized spacial score (nSPS) is 13.2. The maximum atomic E-state index is 7.35. The van der Waals surface area contributed by atoms with Crippen molar-refractivity contribution < 1.29 is 0 Å². The molecule has 55 heavy (non-hydrogen) atoms. The Bertz CT molecular complexity index is 2610. The Balaban J connectivity index is 1.33. The number of allylic oxidation sites excluding steroid dienone is 2. The van der Waals surface area contributed by atoms with E-state index in [0.29, 0.717) is 0 Å². The summed E-state index contributed by atoms with van der Waals surface area (Å²) in [6.45, 7) is 0.0736. The van der Waals surface area contributed by atoms with Gasteiger partial charge in [-0.25, -0.2) is 4.99 Å². The highest BCUT2D eigenvalue weighted by molar-refractivity contribution is 6.95. The molecule has 2 heterocycles. The molecular formula is C51H36B2N2. The number of aromatic nitrogens is 1. The molecule has 1 aromatic heterocycles. The van der Waals surface area contributed by atoms with E-state index in [2.05, 4.69) is 206 Å². The van der Waals surface area contributed by atoms with E-state index in [1.165, 1.54) is 16.4 Å². The fourth-order valence-electron chi connectivity index (χ4n) is 7.75. The van der Waals surface area contributed by atoms with Crippen molar-refractivity contribution in [1.29, 1.82) is 0 Å². The topological polar surface area (TPSA) is 17.3 Å². The third-order valence-electron chi connectivity index (χ3n) is 10.4. The number of aliphatic imine (C=N–C) groups is 1. The van der Waals surface area contributed by atoms with Gasteiger partial charge in [-0.2, -0.15) is 0 Å². The van der Waals surface area contributed by atoms with Crippen LogP contribution < -0.4 is 16.4 Å². The molecule has 0 aliphatic carbocycles. The first kappa shape index (κ1) is 33.9. The molecule has 0 saturated carbocycles. The van der Waals surface area contributed by atoms with Crippen LogP contribution in [0, 0.1) is 0 Å². The minimum atomic E-state index is 0.0736. The van der Waals surface area contributed by atoms with Gasteiger partial charge in [0.1, 0.15) is 0 Å². The fourth-order valence-corrected chi connectivity index (χ4v) is 7.75. The van der Waals surface area contributed by atoms with E-state index in [1.807, 2.05) is 16.6 Å².